The molecule has 0 saturated heterocycles. The van der Waals surface area contributed by atoms with E-state index in [2.05, 4.69) is 72.3 Å². The standard InChI is InChI=1S/C21H22N4/c1-13-11-14(2)20(15(3)12-13)25-10-9-22-21(25)17-7-6-8-18-19(17)23-16(4)24(18)5/h6-12H,1-5H3. The fraction of sp³-hybridized carbons (Fsp3) is 0.238. The smallest absolute Gasteiger partial charge is 0.146 e. The van der Waals surface area contributed by atoms with Gasteiger partial charge < -0.3 is 4.57 Å². The molecule has 2 aromatic heterocycles. The maximum Gasteiger partial charge on any atom is 0.146 e. The summed E-state index contributed by atoms with van der Waals surface area (Å²) in [4.78, 5) is 9.44. The maximum atomic E-state index is 4.77. The second-order valence-electron chi connectivity index (χ2n) is 6.76. The van der Waals surface area contributed by atoms with Crippen molar-refractivity contribution in [3.63, 3.8) is 0 Å². The lowest BCUT2D eigenvalue weighted by Gasteiger charge is -2.15. The maximum absolute atomic E-state index is 4.77. The zero-order valence-corrected chi connectivity index (χ0v) is 15.3. The van der Waals surface area contributed by atoms with Crippen LogP contribution in [0, 0.1) is 27.7 Å². The van der Waals surface area contributed by atoms with Crippen LogP contribution < -0.4 is 0 Å². The molecule has 0 atom stereocenters. The number of aryl methyl sites for hydroxylation is 5. The molecule has 4 nitrogen and oxygen atoms in total. The number of hydrogen-bond donors (Lipinski definition) is 0. The molecule has 0 bridgehead atoms. The van der Waals surface area contributed by atoms with Gasteiger partial charge >= 0.3 is 0 Å². The highest BCUT2D eigenvalue weighted by Gasteiger charge is 2.16. The minimum absolute atomic E-state index is 0.929. The molecule has 0 spiro atoms. The van der Waals surface area contributed by atoms with Crippen LogP contribution in [-0.4, -0.2) is 19.1 Å². The van der Waals surface area contributed by atoms with Crippen LogP contribution in [0.2, 0.25) is 0 Å². The first kappa shape index (κ1) is 15.6. The number of para-hydroxylation sites is 1. The molecule has 0 amide bonds. The van der Waals surface area contributed by atoms with Gasteiger partial charge in [0.2, 0.25) is 0 Å². The molecule has 0 aliphatic carbocycles. The van der Waals surface area contributed by atoms with Gasteiger partial charge in [-0.2, -0.15) is 0 Å². The van der Waals surface area contributed by atoms with E-state index < -0.39 is 0 Å². The molecule has 0 unspecified atom stereocenters. The molecule has 2 aromatic carbocycles. The third-order valence-electron chi connectivity index (χ3n) is 4.89. The van der Waals surface area contributed by atoms with Crippen molar-refractivity contribution in [2.45, 2.75) is 27.7 Å². The van der Waals surface area contributed by atoms with E-state index in [4.69, 9.17) is 4.98 Å². The molecule has 0 aliphatic heterocycles. The van der Waals surface area contributed by atoms with E-state index in [-0.39, 0.29) is 0 Å². The monoisotopic (exact) mass is 330 g/mol. The highest BCUT2D eigenvalue weighted by atomic mass is 15.1. The van der Waals surface area contributed by atoms with Crippen molar-refractivity contribution in [3.8, 4) is 17.1 Å². The van der Waals surface area contributed by atoms with Crippen molar-refractivity contribution in [2.24, 2.45) is 7.05 Å². The van der Waals surface area contributed by atoms with Gasteiger partial charge in [-0.1, -0.05) is 23.8 Å². The van der Waals surface area contributed by atoms with E-state index in [0.29, 0.717) is 0 Å². The minimum Gasteiger partial charge on any atom is -0.331 e. The van der Waals surface area contributed by atoms with Crippen LogP contribution in [0.15, 0.2) is 42.7 Å². The first-order valence-electron chi connectivity index (χ1n) is 8.51. The van der Waals surface area contributed by atoms with Crippen LogP contribution in [0.5, 0.6) is 0 Å². The number of fused-ring (bicyclic) bond motifs is 1. The summed E-state index contributed by atoms with van der Waals surface area (Å²) < 4.78 is 4.30. The lowest BCUT2D eigenvalue weighted by molar-refractivity contribution is 0.886. The Bertz CT molecular complexity index is 1080. The summed E-state index contributed by atoms with van der Waals surface area (Å²) in [6, 6.07) is 10.7. The Hall–Kier alpha value is -2.88. The average Bonchev–Trinajstić information content (AvgIpc) is 3.12. The third-order valence-corrected chi connectivity index (χ3v) is 4.89. The van der Waals surface area contributed by atoms with Gasteiger partial charge in [-0.05, 0) is 51.0 Å². The topological polar surface area (TPSA) is 35.6 Å². The number of benzene rings is 2. The fourth-order valence-electron chi connectivity index (χ4n) is 3.75. The van der Waals surface area contributed by atoms with Gasteiger partial charge in [-0.3, -0.25) is 4.57 Å². The minimum atomic E-state index is 0.929. The van der Waals surface area contributed by atoms with Crippen LogP contribution in [0.3, 0.4) is 0 Å². The van der Waals surface area contributed by atoms with E-state index in [1.165, 1.54) is 22.4 Å². The quantitative estimate of drug-likeness (QED) is 0.536. The van der Waals surface area contributed by atoms with Gasteiger partial charge in [0.05, 0.1) is 16.7 Å². The molecule has 2 heterocycles. The summed E-state index contributed by atoms with van der Waals surface area (Å²) in [5.74, 6) is 1.93. The predicted molar refractivity (Wildman–Crippen MR) is 102 cm³/mol. The molecular weight excluding hydrogens is 308 g/mol. The number of hydrogen-bond acceptors (Lipinski definition) is 2. The van der Waals surface area contributed by atoms with Crippen molar-refractivity contribution < 1.29 is 0 Å². The molecule has 126 valence electrons. The van der Waals surface area contributed by atoms with Crippen LogP contribution in [0.1, 0.15) is 22.5 Å². The molecule has 4 aromatic rings. The van der Waals surface area contributed by atoms with Crippen molar-refractivity contribution in [3.05, 3.63) is 65.2 Å². The number of aromatic nitrogens is 4. The number of nitrogens with zero attached hydrogens (tertiary/aromatic N) is 4. The summed E-state index contributed by atoms with van der Waals surface area (Å²) in [7, 11) is 2.05. The van der Waals surface area contributed by atoms with Gasteiger partial charge in [0, 0.05) is 25.0 Å². The highest BCUT2D eigenvalue weighted by molar-refractivity contribution is 5.91. The lowest BCUT2D eigenvalue weighted by Crippen LogP contribution is -2.02. The molecule has 0 saturated carbocycles. The second-order valence-corrected chi connectivity index (χ2v) is 6.76. The number of rotatable bonds is 2. The highest BCUT2D eigenvalue weighted by Crippen LogP contribution is 2.31. The zero-order valence-electron chi connectivity index (χ0n) is 15.3. The molecular formula is C21H22N4. The van der Waals surface area contributed by atoms with E-state index in [1.54, 1.807) is 0 Å². The van der Waals surface area contributed by atoms with Crippen LogP contribution in [0.25, 0.3) is 28.1 Å². The first-order chi connectivity index (χ1) is 12.0. The van der Waals surface area contributed by atoms with Crippen LogP contribution in [0.4, 0.5) is 0 Å². The van der Waals surface area contributed by atoms with Crippen molar-refractivity contribution >= 4 is 11.0 Å². The third kappa shape index (κ3) is 2.37. The Kier molecular flexibility index (Phi) is 3.49. The Morgan fingerprint density at radius 3 is 2.40 bits per heavy atom. The van der Waals surface area contributed by atoms with E-state index in [1.807, 2.05) is 19.3 Å². The van der Waals surface area contributed by atoms with Gasteiger partial charge in [0.15, 0.2) is 0 Å². The molecule has 4 rings (SSSR count). The molecule has 0 radical (unpaired) electrons. The molecule has 4 heteroatoms. The largest absolute Gasteiger partial charge is 0.331 e. The van der Waals surface area contributed by atoms with Gasteiger partial charge in [0.25, 0.3) is 0 Å². The fourth-order valence-corrected chi connectivity index (χ4v) is 3.75. The molecule has 0 aliphatic rings. The zero-order chi connectivity index (χ0) is 17.7. The van der Waals surface area contributed by atoms with Crippen molar-refractivity contribution in [2.75, 3.05) is 0 Å². The first-order valence-corrected chi connectivity index (χ1v) is 8.51. The SMILES string of the molecule is Cc1cc(C)c(-n2ccnc2-c2cccc3c2nc(C)n3C)c(C)c1. The van der Waals surface area contributed by atoms with Gasteiger partial charge in [-0.15, -0.1) is 0 Å². The molecule has 0 fully saturated rings. The summed E-state index contributed by atoms with van der Waals surface area (Å²) in [5.41, 5.74) is 8.16. The predicted octanol–water partition coefficient (Wildman–Crippen LogP) is 4.66. The van der Waals surface area contributed by atoms with E-state index in [9.17, 15) is 0 Å². The van der Waals surface area contributed by atoms with Crippen LogP contribution >= 0.6 is 0 Å². The second kappa shape index (κ2) is 5.59. The van der Waals surface area contributed by atoms with Crippen molar-refractivity contribution in [1.29, 1.82) is 0 Å². The van der Waals surface area contributed by atoms with Gasteiger partial charge in [0.1, 0.15) is 11.6 Å². The van der Waals surface area contributed by atoms with E-state index >= 15 is 0 Å². The Morgan fingerprint density at radius 2 is 1.68 bits per heavy atom. The summed E-state index contributed by atoms with van der Waals surface area (Å²) in [6.07, 6.45) is 3.90. The summed E-state index contributed by atoms with van der Waals surface area (Å²) in [5, 5.41) is 0. The summed E-state index contributed by atoms with van der Waals surface area (Å²) >= 11 is 0. The van der Waals surface area contributed by atoms with Gasteiger partial charge in [-0.25, -0.2) is 9.97 Å². The Labute approximate surface area is 147 Å². The van der Waals surface area contributed by atoms with Crippen molar-refractivity contribution in [1.82, 2.24) is 19.1 Å². The average molecular weight is 330 g/mol. The normalized spacial score (nSPS) is 11.4. The molecule has 0 N–H and O–H groups in total. The Morgan fingerprint density at radius 1 is 0.960 bits per heavy atom. The van der Waals surface area contributed by atoms with E-state index in [0.717, 1.165) is 28.2 Å². The molecule has 25 heavy (non-hydrogen) atoms. The number of imidazole rings is 2. The summed E-state index contributed by atoms with van der Waals surface area (Å²) in [6.45, 7) is 8.48. The Balaban J connectivity index is 2.00. The van der Waals surface area contributed by atoms with Crippen LogP contribution in [-0.2, 0) is 7.05 Å². The lowest BCUT2D eigenvalue weighted by atomic mass is 10.0.